The number of esters is 1. The summed E-state index contributed by atoms with van der Waals surface area (Å²) in [6, 6.07) is 0. The molecule has 0 aromatic rings. The van der Waals surface area contributed by atoms with E-state index in [4.69, 9.17) is 4.74 Å². The Morgan fingerprint density at radius 1 is 1.26 bits per heavy atom. The topological polar surface area (TPSA) is 83.8 Å². The lowest BCUT2D eigenvalue weighted by molar-refractivity contribution is -0.154. The smallest absolute Gasteiger partial charge is 0.302 e. The number of hydrogen-bond acceptors (Lipinski definition) is 5. The van der Waals surface area contributed by atoms with Gasteiger partial charge in [-0.05, 0) is 38.3 Å². The second-order valence-electron chi connectivity index (χ2n) is 9.06. The molecule has 0 aromatic carbocycles. The maximum absolute atomic E-state index is 12.8. The maximum Gasteiger partial charge on any atom is 0.302 e. The number of hydrogen-bond donors (Lipinski definition) is 2. The highest BCUT2D eigenvalue weighted by Crippen LogP contribution is 2.59. The molecule has 0 aromatic heterocycles. The van der Waals surface area contributed by atoms with E-state index in [-0.39, 0.29) is 23.4 Å². The molecule has 0 amide bonds. The zero-order valence-electron chi connectivity index (χ0n) is 16.8. The lowest BCUT2D eigenvalue weighted by Crippen LogP contribution is -2.48. The molecular weight excluding hydrogens is 344 g/mol. The summed E-state index contributed by atoms with van der Waals surface area (Å²) in [5.74, 6) is -1.13. The molecule has 2 atom stereocenters. The molecule has 146 valence electrons. The van der Waals surface area contributed by atoms with Crippen molar-refractivity contribution in [3.63, 3.8) is 0 Å². The number of aliphatic hydroxyl groups is 2. The van der Waals surface area contributed by atoms with Gasteiger partial charge in [0.25, 0.3) is 0 Å². The first-order chi connectivity index (χ1) is 12.3. The molecule has 27 heavy (non-hydrogen) atoms. The first-order valence-electron chi connectivity index (χ1n) is 9.33. The van der Waals surface area contributed by atoms with Gasteiger partial charge in [-0.3, -0.25) is 9.59 Å². The first kappa shape index (κ1) is 19.6. The highest BCUT2D eigenvalue weighted by Gasteiger charge is 2.53. The molecule has 3 aliphatic carbocycles. The van der Waals surface area contributed by atoms with Crippen LogP contribution in [0.15, 0.2) is 46.3 Å². The van der Waals surface area contributed by atoms with Crippen LogP contribution in [0.3, 0.4) is 0 Å². The number of Topliss-reactive ketones (excluding diaryl/α,β-unsaturated/α-hetero) is 1. The minimum absolute atomic E-state index is 0.184. The summed E-state index contributed by atoms with van der Waals surface area (Å²) in [6.45, 7) is 10.6. The van der Waals surface area contributed by atoms with Crippen LogP contribution in [0.2, 0.25) is 0 Å². The van der Waals surface area contributed by atoms with E-state index in [1.807, 2.05) is 32.9 Å². The molecule has 5 heteroatoms. The van der Waals surface area contributed by atoms with Crippen LogP contribution in [-0.4, -0.2) is 33.7 Å². The summed E-state index contributed by atoms with van der Waals surface area (Å²) in [6.07, 6.45) is 6.60. The molecule has 1 saturated carbocycles. The van der Waals surface area contributed by atoms with Gasteiger partial charge in [0.05, 0.1) is 5.60 Å². The molecular formula is C22H28O5. The largest absolute Gasteiger partial charge is 0.504 e. The molecule has 0 aliphatic heterocycles. The maximum atomic E-state index is 12.8. The van der Waals surface area contributed by atoms with Crippen LogP contribution in [0.4, 0.5) is 0 Å². The van der Waals surface area contributed by atoms with E-state index < -0.39 is 22.2 Å². The van der Waals surface area contributed by atoms with Crippen LogP contribution >= 0.6 is 0 Å². The van der Waals surface area contributed by atoms with Crippen molar-refractivity contribution < 1.29 is 24.5 Å². The first-order valence-corrected chi connectivity index (χ1v) is 9.33. The van der Waals surface area contributed by atoms with Crippen molar-refractivity contribution in [2.24, 2.45) is 10.8 Å². The molecule has 3 rings (SSSR count). The third-order valence-corrected chi connectivity index (χ3v) is 6.23. The van der Waals surface area contributed by atoms with Gasteiger partial charge >= 0.3 is 5.97 Å². The number of rotatable bonds is 2. The Morgan fingerprint density at radius 3 is 2.44 bits per heavy atom. The Kier molecular flexibility index (Phi) is 4.31. The molecule has 0 radical (unpaired) electrons. The molecule has 2 N–H and O–H groups in total. The van der Waals surface area contributed by atoms with Crippen molar-refractivity contribution in [1.29, 1.82) is 0 Å². The van der Waals surface area contributed by atoms with E-state index >= 15 is 0 Å². The minimum Gasteiger partial charge on any atom is -0.504 e. The number of fused-ring (bicyclic) bond motifs is 3. The third kappa shape index (κ3) is 2.89. The number of ketones is 1. The fraction of sp³-hybridized carbons (Fsp3) is 0.545. The molecule has 0 saturated heterocycles. The summed E-state index contributed by atoms with van der Waals surface area (Å²) in [4.78, 5) is 24.3. The van der Waals surface area contributed by atoms with Gasteiger partial charge in [-0.2, -0.15) is 0 Å². The van der Waals surface area contributed by atoms with Crippen LogP contribution in [0.1, 0.15) is 54.4 Å². The summed E-state index contributed by atoms with van der Waals surface area (Å²) >= 11 is 0. The van der Waals surface area contributed by atoms with Crippen LogP contribution in [0, 0.1) is 10.8 Å². The van der Waals surface area contributed by atoms with Gasteiger partial charge in [0.15, 0.2) is 5.76 Å². The second-order valence-corrected chi connectivity index (χ2v) is 9.06. The van der Waals surface area contributed by atoms with E-state index in [1.54, 1.807) is 6.08 Å². The number of ether oxygens (including phenoxy) is 1. The van der Waals surface area contributed by atoms with E-state index in [2.05, 4.69) is 0 Å². The SMILES string of the molecule is CC(=O)O[C@H]1CC[C@@]2(C)C(=CC=C3C=C(C(C)(C)O)C(=O)C(O)=C32)C1(C)C. The Bertz CT molecular complexity index is 844. The number of carbonyl (C=O) groups is 2. The van der Waals surface area contributed by atoms with Gasteiger partial charge in [-0.1, -0.05) is 38.5 Å². The van der Waals surface area contributed by atoms with Gasteiger partial charge in [0.2, 0.25) is 5.78 Å². The van der Waals surface area contributed by atoms with Crippen molar-refractivity contribution in [3.8, 4) is 0 Å². The summed E-state index contributed by atoms with van der Waals surface area (Å²) in [7, 11) is 0. The average molecular weight is 372 g/mol. The molecule has 0 heterocycles. The van der Waals surface area contributed by atoms with E-state index in [0.29, 0.717) is 18.4 Å². The zero-order chi connectivity index (χ0) is 20.4. The van der Waals surface area contributed by atoms with E-state index in [1.165, 1.54) is 20.8 Å². The number of aliphatic hydroxyl groups excluding tert-OH is 1. The van der Waals surface area contributed by atoms with E-state index in [9.17, 15) is 19.8 Å². The molecule has 0 spiro atoms. The summed E-state index contributed by atoms with van der Waals surface area (Å²) in [5, 5.41) is 21.1. The Labute approximate surface area is 160 Å². The second kappa shape index (κ2) is 5.93. The van der Waals surface area contributed by atoms with Gasteiger partial charge in [-0.15, -0.1) is 0 Å². The molecule has 0 bridgehead atoms. The number of allylic oxidation sites excluding steroid dienone is 6. The van der Waals surface area contributed by atoms with Gasteiger partial charge < -0.3 is 14.9 Å². The van der Waals surface area contributed by atoms with Crippen LogP contribution in [0.25, 0.3) is 0 Å². The standard InChI is InChI=1S/C22H28O5/c1-12(23)27-16-9-10-22(6)15(20(16,2)3)8-7-13-11-14(21(4,5)26)18(24)19(25)17(13)22/h7-8,11,16,25-26H,9-10H2,1-6H3/t16-,22-/m0/s1. The predicted molar refractivity (Wildman–Crippen MR) is 102 cm³/mol. The zero-order valence-corrected chi connectivity index (χ0v) is 16.8. The van der Waals surface area contributed by atoms with Crippen molar-refractivity contribution in [2.75, 3.05) is 0 Å². The van der Waals surface area contributed by atoms with Crippen LogP contribution in [0.5, 0.6) is 0 Å². The average Bonchev–Trinajstić information content (AvgIpc) is 2.51. The third-order valence-electron chi connectivity index (χ3n) is 6.23. The lowest BCUT2D eigenvalue weighted by Gasteiger charge is -2.52. The molecule has 1 fully saturated rings. The Hall–Kier alpha value is -2.14. The van der Waals surface area contributed by atoms with Gasteiger partial charge in [0, 0.05) is 28.9 Å². The van der Waals surface area contributed by atoms with E-state index in [0.717, 1.165) is 11.1 Å². The lowest BCUT2D eigenvalue weighted by atomic mass is 9.53. The van der Waals surface area contributed by atoms with Gasteiger partial charge in [-0.25, -0.2) is 0 Å². The fourth-order valence-electron chi connectivity index (χ4n) is 4.87. The monoisotopic (exact) mass is 372 g/mol. The van der Waals surface area contributed by atoms with Crippen molar-refractivity contribution >= 4 is 11.8 Å². The number of carbonyl (C=O) groups excluding carboxylic acids is 2. The Balaban J connectivity index is 2.16. The van der Waals surface area contributed by atoms with Gasteiger partial charge in [0.1, 0.15) is 6.10 Å². The Morgan fingerprint density at radius 2 is 1.89 bits per heavy atom. The molecule has 5 nitrogen and oxygen atoms in total. The molecule has 0 unspecified atom stereocenters. The van der Waals surface area contributed by atoms with Crippen molar-refractivity contribution in [2.45, 2.75) is 66.1 Å². The normalized spacial score (nSPS) is 30.0. The predicted octanol–water partition coefficient (Wildman–Crippen LogP) is 3.70. The minimum atomic E-state index is -1.34. The van der Waals surface area contributed by atoms with Crippen molar-refractivity contribution in [3.05, 3.63) is 46.3 Å². The fourth-order valence-corrected chi connectivity index (χ4v) is 4.87. The summed E-state index contributed by atoms with van der Waals surface area (Å²) < 4.78 is 5.56. The highest BCUT2D eigenvalue weighted by atomic mass is 16.5. The molecule has 3 aliphatic rings. The van der Waals surface area contributed by atoms with Crippen LogP contribution in [-0.2, 0) is 14.3 Å². The van der Waals surface area contributed by atoms with Crippen LogP contribution < -0.4 is 0 Å². The quantitative estimate of drug-likeness (QED) is 0.722. The summed E-state index contributed by atoms with van der Waals surface area (Å²) in [5.41, 5.74) is 0.260. The van der Waals surface area contributed by atoms with Crippen molar-refractivity contribution in [1.82, 2.24) is 0 Å². The highest BCUT2D eigenvalue weighted by molar-refractivity contribution is 6.11.